The summed E-state index contributed by atoms with van der Waals surface area (Å²) in [7, 11) is 0. The maximum atomic E-state index is 12.5. The van der Waals surface area contributed by atoms with Gasteiger partial charge in [-0.3, -0.25) is 9.78 Å². The number of nitrogens with one attached hydrogen (secondary N) is 1. The Labute approximate surface area is 149 Å². The topological polar surface area (TPSA) is 89.9 Å². The lowest BCUT2D eigenvalue weighted by Gasteiger charge is -2.09. The Bertz CT molecular complexity index is 851. The first-order valence-electron chi connectivity index (χ1n) is 7.77. The summed E-state index contributed by atoms with van der Waals surface area (Å²) in [6.45, 7) is 4.42. The van der Waals surface area contributed by atoms with E-state index in [9.17, 15) is 4.79 Å². The summed E-state index contributed by atoms with van der Waals surface area (Å²) in [5.41, 5.74) is 0.347. The molecule has 0 saturated carbocycles. The summed E-state index contributed by atoms with van der Waals surface area (Å²) in [6, 6.07) is 6.85. The first-order chi connectivity index (χ1) is 12.1. The molecule has 0 fully saturated rings. The van der Waals surface area contributed by atoms with Gasteiger partial charge in [0.25, 0.3) is 5.91 Å². The van der Waals surface area contributed by atoms with Crippen LogP contribution in [0.3, 0.4) is 0 Å². The largest absolute Gasteiger partial charge is 0.437 e. The fourth-order valence-corrected chi connectivity index (χ4v) is 2.77. The second-order valence-corrected chi connectivity index (χ2v) is 6.61. The average molecular weight is 355 g/mol. The van der Waals surface area contributed by atoms with E-state index in [-0.39, 0.29) is 11.8 Å². The quantitative estimate of drug-likeness (QED) is 0.730. The van der Waals surface area contributed by atoms with Crippen molar-refractivity contribution in [2.24, 2.45) is 0 Å². The molecule has 0 saturated heterocycles. The van der Waals surface area contributed by atoms with E-state index in [1.807, 2.05) is 0 Å². The van der Waals surface area contributed by atoms with Gasteiger partial charge in [-0.1, -0.05) is 25.2 Å². The number of carbonyl (C=O) groups excluding carboxylic acids is 1. The first-order valence-corrected chi connectivity index (χ1v) is 8.58. The molecule has 0 bridgehead atoms. The fourth-order valence-electron chi connectivity index (χ4n) is 1.99. The number of aromatic nitrogens is 4. The summed E-state index contributed by atoms with van der Waals surface area (Å²) in [6.07, 6.45) is 4.78. The van der Waals surface area contributed by atoms with Crippen LogP contribution in [-0.4, -0.2) is 26.1 Å². The van der Waals surface area contributed by atoms with Crippen LogP contribution in [-0.2, 0) is 6.54 Å². The lowest BCUT2D eigenvalue weighted by atomic mass is 10.2. The molecule has 1 N–H and O–H groups in total. The molecule has 3 aromatic heterocycles. The van der Waals surface area contributed by atoms with Crippen molar-refractivity contribution in [3.05, 3.63) is 58.4 Å². The molecule has 1 amide bonds. The molecule has 128 valence electrons. The van der Waals surface area contributed by atoms with E-state index >= 15 is 0 Å². The molecule has 0 aliphatic heterocycles. The van der Waals surface area contributed by atoms with Crippen LogP contribution < -0.4 is 10.1 Å². The molecule has 0 aliphatic carbocycles. The second-order valence-electron chi connectivity index (χ2n) is 5.52. The van der Waals surface area contributed by atoms with E-state index in [1.165, 1.54) is 11.3 Å². The smallest absolute Gasteiger partial charge is 0.257 e. The molecule has 3 heterocycles. The number of carbonyl (C=O) groups is 1. The number of hydrogen-bond donors (Lipinski definition) is 1. The maximum absolute atomic E-state index is 12.5. The Hall–Kier alpha value is -2.87. The van der Waals surface area contributed by atoms with Crippen molar-refractivity contribution in [3.63, 3.8) is 0 Å². The van der Waals surface area contributed by atoms with Crippen molar-refractivity contribution in [2.75, 3.05) is 0 Å². The van der Waals surface area contributed by atoms with Gasteiger partial charge in [0, 0.05) is 18.3 Å². The van der Waals surface area contributed by atoms with Gasteiger partial charge in [0.1, 0.15) is 21.3 Å². The highest BCUT2D eigenvalue weighted by Crippen LogP contribution is 2.22. The molecule has 0 radical (unpaired) electrons. The third-order valence-corrected chi connectivity index (χ3v) is 4.47. The van der Waals surface area contributed by atoms with E-state index in [0.29, 0.717) is 23.8 Å². The van der Waals surface area contributed by atoms with Gasteiger partial charge in [-0.25, -0.2) is 4.98 Å². The van der Waals surface area contributed by atoms with Gasteiger partial charge in [-0.05, 0) is 24.3 Å². The van der Waals surface area contributed by atoms with Crippen LogP contribution in [0.25, 0.3) is 0 Å². The van der Waals surface area contributed by atoms with Crippen LogP contribution in [0, 0.1) is 0 Å². The number of rotatable bonds is 6. The van der Waals surface area contributed by atoms with Crippen LogP contribution >= 0.6 is 11.3 Å². The average Bonchev–Trinajstić information content (AvgIpc) is 3.10. The molecule has 0 aromatic carbocycles. The van der Waals surface area contributed by atoms with E-state index in [0.717, 1.165) is 10.0 Å². The van der Waals surface area contributed by atoms with Gasteiger partial charge in [0.15, 0.2) is 0 Å². The third-order valence-electron chi connectivity index (χ3n) is 3.24. The second kappa shape index (κ2) is 7.80. The number of nitrogens with zero attached hydrogens (tertiary/aromatic N) is 4. The predicted molar refractivity (Wildman–Crippen MR) is 93.7 cm³/mol. The number of amides is 1. The molecule has 25 heavy (non-hydrogen) atoms. The van der Waals surface area contributed by atoms with Crippen LogP contribution in [0.5, 0.6) is 11.6 Å². The minimum Gasteiger partial charge on any atom is -0.437 e. The van der Waals surface area contributed by atoms with Crippen molar-refractivity contribution in [1.29, 1.82) is 0 Å². The van der Waals surface area contributed by atoms with Crippen molar-refractivity contribution in [1.82, 2.24) is 25.5 Å². The van der Waals surface area contributed by atoms with Gasteiger partial charge in [0.05, 0.1) is 12.7 Å². The molecular weight excluding hydrogens is 338 g/mol. The van der Waals surface area contributed by atoms with E-state index < -0.39 is 0 Å². The molecule has 7 nitrogen and oxygen atoms in total. The predicted octanol–water partition coefficient (Wildman–Crippen LogP) is 3.17. The normalized spacial score (nSPS) is 10.7. The zero-order chi connectivity index (χ0) is 17.6. The molecular formula is C17H17N5O2S. The molecule has 0 unspecified atom stereocenters. The Morgan fingerprint density at radius 2 is 2.08 bits per heavy atom. The highest BCUT2D eigenvalue weighted by atomic mass is 32.1. The molecule has 3 aromatic rings. The molecule has 0 aliphatic rings. The Kier molecular flexibility index (Phi) is 5.30. The number of hydrogen-bond acceptors (Lipinski definition) is 7. The van der Waals surface area contributed by atoms with Gasteiger partial charge >= 0.3 is 0 Å². The highest BCUT2D eigenvalue weighted by Gasteiger charge is 2.15. The van der Waals surface area contributed by atoms with Crippen LogP contribution in [0.2, 0.25) is 0 Å². The number of ether oxygens (including phenoxy) is 1. The van der Waals surface area contributed by atoms with Crippen LogP contribution in [0.1, 0.15) is 40.1 Å². The van der Waals surface area contributed by atoms with Gasteiger partial charge in [-0.15, -0.1) is 10.2 Å². The standard InChI is InChI=1S/C17H17N5O2S/c1-11(2)17-22-21-14(25-17)10-20-15(23)13-6-4-8-19-16(13)24-12-5-3-7-18-9-12/h3-9,11H,10H2,1-2H3,(H,20,23). The Balaban J connectivity index is 1.69. The fraction of sp³-hybridized carbons (Fsp3) is 0.235. The minimum absolute atomic E-state index is 0.230. The number of pyridine rings is 2. The van der Waals surface area contributed by atoms with Crippen molar-refractivity contribution >= 4 is 17.2 Å². The van der Waals surface area contributed by atoms with Gasteiger partial charge in [0.2, 0.25) is 5.88 Å². The minimum atomic E-state index is -0.284. The molecule has 0 atom stereocenters. The van der Waals surface area contributed by atoms with E-state index in [4.69, 9.17) is 4.74 Å². The summed E-state index contributed by atoms with van der Waals surface area (Å²) >= 11 is 1.49. The van der Waals surface area contributed by atoms with E-state index in [1.54, 1.807) is 42.9 Å². The van der Waals surface area contributed by atoms with Gasteiger partial charge in [-0.2, -0.15) is 0 Å². The van der Waals surface area contributed by atoms with Crippen molar-refractivity contribution in [2.45, 2.75) is 26.3 Å². The molecule has 3 rings (SSSR count). The van der Waals surface area contributed by atoms with Crippen LogP contribution in [0.15, 0.2) is 42.9 Å². The van der Waals surface area contributed by atoms with E-state index in [2.05, 4.69) is 39.3 Å². The highest BCUT2D eigenvalue weighted by molar-refractivity contribution is 7.11. The third kappa shape index (κ3) is 4.36. The monoisotopic (exact) mass is 355 g/mol. The van der Waals surface area contributed by atoms with Crippen molar-refractivity contribution in [3.8, 4) is 11.6 Å². The van der Waals surface area contributed by atoms with Crippen LogP contribution in [0.4, 0.5) is 0 Å². The summed E-state index contributed by atoms with van der Waals surface area (Å²) in [4.78, 5) is 20.6. The summed E-state index contributed by atoms with van der Waals surface area (Å²) in [5, 5.41) is 12.7. The zero-order valence-electron chi connectivity index (χ0n) is 13.8. The lowest BCUT2D eigenvalue weighted by molar-refractivity contribution is 0.0948. The SMILES string of the molecule is CC(C)c1nnc(CNC(=O)c2cccnc2Oc2cccnc2)s1. The lowest BCUT2D eigenvalue weighted by Crippen LogP contribution is -2.23. The molecule has 8 heteroatoms. The van der Waals surface area contributed by atoms with Gasteiger partial charge < -0.3 is 10.1 Å². The Morgan fingerprint density at radius 1 is 1.24 bits per heavy atom. The Morgan fingerprint density at radius 3 is 2.80 bits per heavy atom. The summed E-state index contributed by atoms with van der Waals surface area (Å²) < 4.78 is 5.66. The first kappa shape index (κ1) is 17.0. The zero-order valence-corrected chi connectivity index (χ0v) is 14.7. The maximum Gasteiger partial charge on any atom is 0.257 e. The summed E-state index contributed by atoms with van der Waals surface area (Å²) in [5.74, 6) is 0.780. The van der Waals surface area contributed by atoms with Crippen molar-refractivity contribution < 1.29 is 9.53 Å². The molecule has 0 spiro atoms.